The van der Waals surface area contributed by atoms with Crippen LogP contribution in [0.15, 0.2) is 0 Å². The summed E-state index contributed by atoms with van der Waals surface area (Å²) in [5, 5.41) is 11.1. The number of carbonyl (C=O) groups excluding carboxylic acids is 1. The third-order valence-electron chi connectivity index (χ3n) is 2.80. The molecular weight excluding hydrogens is 263 g/mol. The zero-order chi connectivity index (χ0) is 13.9. The van der Waals surface area contributed by atoms with Gasteiger partial charge in [-0.3, -0.25) is 4.79 Å². The predicted molar refractivity (Wildman–Crippen MR) is 61.8 cm³/mol. The summed E-state index contributed by atoms with van der Waals surface area (Å²) >= 11 is 0. The smallest absolute Gasteiger partial charge is 0.403 e. The lowest BCUT2D eigenvalue weighted by molar-refractivity contribution is -0.148. The average molecular weight is 280 g/mol. The van der Waals surface area contributed by atoms with E-state index in [4.69, 9.17) is 5.11 Å². The molecule has 0 aliphatic carbocycles. The summed E-state index contributed by atoms with van der Waals surface area (Å²) in [5.74, 6) is -1.59. The van der Waals surface area contributed by atoms with Gasteiger partial charge in [0.05, 0.1) is 6.04 Å². The second-order valence-corrected chi connectivity index (χ2v) is 5.75. The Bertz CT molecular complexity index is 387. The van der Waals surface area contributed by atoms with E-state index in [1.807, 2.05) is 0 Å². The normalized spacial score (nSPS) is 24.6. The Morgan fingerprint density at radius 3 is 2.67 bits per heavy atom. The number of nitrogens with one attached hydrogen (secondary N) is 1. The lowest BCUT2D eigenvalue weighted by atomic mass is 10.2. The number of nitrogens with zero attached hydrogens (tertiary/aromatic N) is 1. The van der Waals surface area contributed by atoms with Crippen molar-refractivity contribution in [1.82, 2.24) is 9.99 Å². The van der Waals surface area contributed by atoms with E-state index < -0.39 is 31.7 Å². The molecule has 3 atom stereocenters. The quantitative estimate of drug-likeness (QED) is 0.596. The molecule has 1 saturated heterocycles. The van der Waals surface area contributed by atoms with Gasteiger partial charge in [0.1, 0.15) is 6.04 Å². The van der Waals surface area contributed by atoms with E-state index in [9.17, 15) is 19.0 Å². The summed E-state index contributed by atoms with van der Waals surface area (Å²) < 4.78 is 15.6. The Kier molecular flexibility index (Phi) is 4.86. The molecule has 1 unspecified atom stereocenters. The average Bonchev–Trinajstić information content (AvgIpc) is 2.76. The van der Waals surface area contributed by atoms with Crippen LogP contribution in [0.5, 0.6) is 0 Å². The molecule has 1 rings (SSSR count). The van der Waals surface area contributed by atoms with Crippen LogP contribution in [0.25, 0.3) is 0 Å². The molecule has 1 aliphatic rings. The molecule has 104 valence electrons. The summed E-state index contributed by atoms with van der Waals surface area (Å²) in [7, 11) is -2.97. The van der Waals surface area contributed by atoms with E-state index in [1.165, 1.54) is 11.8 Å². The molecule has 1 heterocycles. The monoisotopic (exact) mass is 280 g/mol. The molecule has 1 aliphatic heterocycles. The van der Waals surface area contributed by atoms with Gasteiger partial charge in [-0.15, -0.1) is 0 Å². The van der Waals surface area contributed by atoms with Gasteiger partial charge in [0.2, 0.25) is 5.91 Å². The number of amides is 1. The number of carboxylic acid groups (broad SMARTS) is 1. The van der Waals surface area contributed by atoms with Gasteiger partial charge in [-0.05, 0) is 19.8 Å². The third kappa shape index (κ3) is 3.52. The Balaban J connectivity index is 2.69. The Labute approximate surface area is 105 Å². The molecule has 1 fully saturated rings. The Morgan fingerprint density at radius 2 is 2.17 bits per heavy atom. The maximum Gasteiger partial charge on any atom is 0.403 e. The molecule has 0 saturated carbocycles. The first-order valence-electron chi connectivity index (χ1n) is 5.48. The van der Waals surface area contributed by atoms with Crippen LogP contribution >= 0.6 is 7.75 Å². The summed E-state index contributed by atoms with van der Waals surface area (Å²) in [6.45, 7) is 1.73. The van der Waals surface area contributed by atoms with Gasteiger partial charge in [0.15, 0.2) is 0 Å². The van der Waals surface area contributed by atoms with Gasteiger partial charge in [0.25, 0.3) is 0 Å². The van der Waals surface area contributed by atoms with E-state index in [1.54, 1.807) is 0 Å². The highest BCUT2D eigenvalue weighted by Crippen LogP contribution is 2.36. The summed E-state index contributed by atoms with van der Waals surface area (Å²) in [6, 6.07) is -1.84. The second-order valence-electron chi connectivity index (χ2n) is 4.08. The summed E-state index contributed by atoms with van der Waals surface area (Å²) in [6.07, 6.45) is 1.01. The van der Waals surface area contributed by atoms with Crippen molar-refractivity contribution in [1.29, 1.82) is 0 Å². The maximum atomic E-state index is 12.0. The van der Waals surface area contributed by atoms with Crippen molar-refractivity contribution >= 4 is 19.6 Å². The highest BCUT2D eigenvalue weighted by molar-refractivity contribution is 7.50. The fraction of sp³-hybridized carbons (Fsp3) is 0.778. The molecule has 0 aromatic heterocycles. The van der Waals surface area contributed by atoms with Crippen LogP contribution in [-0.4, -0.2) is 52.5 Å². The molecule has 3 N–H and O–H groups in total. The first kappa shape index (κ1) is 15.1. The zero-order valence-electron chi connectivity index (χ0n) is 10.2. The summed E-state index contributed by atoms with van der Waals surface area (Å²) in [5.41, 5.74) is 0. The zero-order valence-corrected chi connectivity index (χ0v) is 11.1. The molecule has 1 amide bonds. The van der Waals surface area contributed by atoms with Gasteiger partial charge in [-0.25, -0.2) is 14.4 Å². The number of likely N-dealkylation sites (tertiary alicyclic amines) is 1. The molecule has 18 heavy (non-hydrogen) atoms. The number of carbonyl (C=O) groups is 2. The first-order chi connectivity index (χ1) is 8.28. The van der Waals surface area contributed by atoms with Gasteiger partial charge in [-0.2, -0.15) is 0 Å². The standard InChI is InChI=1S/C9H17N2O6P/c1-6(10-18(15,16)17-2)8(12)11-5-3-4-7(11)9(13)14/h6-7H,3-5H2,1-2H3,(H,13,14)(H2,10,15,16)/t6-,7-/m0/s1. The van der Waals surface area contributed by atoms with Crippen molar-refractivity contribution in [2.45, 2.75) is 31.8 Å². The van der Waals surface area contributed by atoms with Gasteiger partial charge >= 0.3 is 13.7 Å². The number of carboxylic acids is 1. The van der Waals surface area contributed by atoms with Crippen molar-refractivity contribution in [2.75, 3.05) is 13.7 Å². The molecule has 0 radical (unpaired) electrons. The van der Waals surface area contributed by atoms with E-state index >= 15 is 0 Å². The van der Waals surface area contributed by atoms with E-state index in [2.05, 4.69) is 9.61 Å². The van der Waals surface area contributed by atoms with Gasteiger partial charge < -0.3 is 19.4 Å². The van der Waals surface area contributed by atoms with Crippen LogP contribution in [0.4, 0.5) is 0 Å². The number of hydrogen-bond acceptors (Lipinski definition) is 4. The van der Waals surface area contributed by atoms with Crippen LogP contribution in [0.2, 0.25) is 0 Å². The highest BCUT2D eigenvalue weighted by atomic mass is 31.2. The molecule has 9 heteroatoms. The van der Waals surface area contributed by atoms with Crippen LogP contribution in [-0.2, 0) is 18.7 Å². The van der Waals surface area contributed by atoms with Gasteiger partial charge in [0, 0.05) is 13.7 Å². The fourth-order valence-electron chi connectivity index (χ4n) is 1.89. The van der Waals surface area contributed by atoms with Crippen LogP contribution in [0.1, 0.15) is 19.8 Å². The van der Waals surface area contributed by atoms with Crippen molar-refractivity contribution in [2.24, 2.45) is 0 Å². The molecule has 0 spiro atoms. The Morgan fingerprint density at radius 1 is 1.56 bits per heavy atom. The van der Waals surface area contributed by atoms with E-state index in [0.717, 1.165) is 7.11 Å². The number of hydrogen-bond donors (Lipinski definition) is 3. The van der Waals surface area contributed by atoms with Crippen molar-refractivity contribution in [3.05, 3.63) is 0 Å². The van der Waals surface area contributed by atoms with E-state index in [-0.39, 0.29) is 0 Å². The Hall–Kier alpha value is -0.950. The molecular formula is C9H17N2O6P. The predicted octanol–water partition coefficient (Wildman–Crippen LogP) is -0.213. The van der Waals surface area contributed by atoms with Gasteiger partial charge in [-0.1, -0.05) is 0 Å². The fourth-order valence-corrected chi connectivity index (χ4v) is 2.59. The SMILES string of the molecule is COP(=O)(O)N[C@@H](C)C(=O)N1CCC[C@H]1C(=O)O. The number of aliphatic carboxylic acids is 1. The minimum Gasteiger partial charge on any atom is -0.480 e. The van der Waals surface area contributed by atoms with Crippen LogP contribution in [0.3, 0.4) is 0 Å². The lowest BCUT2D eigenvalue weighted by Crippen LogP contribution is -2.48. The lowest BCUT2D eigenvalue weighted by Gasteiger charge is -2.26. The molecule has 0 aromatic rings. The van der Waals surface area contributed by atoms with Crippen molar-refractivity contribution < 1.29 is 28.7 Å². The third-order valence-corrected chi connectivity index (χ3v) is 4.00. The van der Waals surface area contributed by atoms with Crippen LogP contribution < -0.4 is 5.09 Å². The molecule has 0 aromatic carbocycles. The topological polar surface area (TPSA) is 116 Å². The minimum absolute atomic E-state index is 0.338. The number of rotatable bonds is 5. The van der Waals surface area contributed by atoms with Crippen molar-refractivity contribution in [3.8, 4) is 0 Å². The molecule has 0 bridgehead atoms. The maximum absolute atomic E-state index is 12.0. The highest BCUT2D eigenvalue weighted by Gasteiger charge is 2.37. The second kappa shape index (κ2) is 5.79. The van der Waals surface area contributed by atoms with Crippen LogP contribution in [0, 0.1) is 0 Å². The molecule has 8 nitrogen and oxygen atoms in total. The minimum atomic E-state index is -4.01. The largest absolute Gasteiger partial charge is 0.480 e. The van der Waals surface area contributed by atoms with E-state index in [0.29, 0.717) is 19.4 Å². The first-order valence-corrected chi connectivity index (χ1v) is 7.06. The van der Waals surface area contributed by atoms with Crippen molar-refractivity contribution in [3.63, 3.8) is 0 Å². The summed E-state index contributed by atoms with van der Waals surface area (Å²) in [4.78, 5) is 33.3.